The van der Waals surface area contributed by atoms with Crippen LogP contribution >= 0.6 is 11.8 Å². The van der Waals surface area contributed by atoms with Gasteiger partial charge in [0.05, 0.1) is 19.5 Å². The van der Waals surface area contributed by atoms with E-state index in [1.807, 2.05) is 19.1 Å². The van der Waals surface area contributed by atoms with Gasteiger partial charge in [0, 0.05) is 41.4 Å². The van der Waals surface area contributed by atoms with Crippen LogP contribution < -0.4 is 20.1 Å². The second-order valence-corrected chi connectivity index (χ2v) is 6.97. The minimum absolute atomic E-state index is 0.119. The zero-order valence-electron chi connectivity index (χ0n) is 15.2. The summed E-state index contributed by atoms with van der Waals surface area (Å²) in [6.45, 7) is 3.29. The maximum absolute atomic E-state index is 12.5. The lowest BCUT2D eigenvalue weighted by molar-refractivity contribution is -0.115. The number of nitrogens with one attached hydrogen (secondary N) is 2. The summed E-state index contributed by atoms with van der Waals surface area (Å²) in [5.74, 6) is 0.963. The average molecular weight is 374 g/mol. The van der Waals surface area contributed by atoms with E-state index in [9.17, 15) is 9.59 Å². The topological polar surface area (TPSA) is 76.7 Å². The van der Waals surface area contributed by atoms with Gasteiger partial charge in [0.25, 0.3) is 0 Å². The summed E-state index contributed by atoms with van der Waals surface area (Å²) in [7, 11) is 3.12. The summed E-state index contributed by atoms with van der Waals surface area (Å²) in [6.07, 6.45) is 0. The van der Waals surface area contributed by atoms with Crippen LogP contribution in [0.15, 0.2) is 47.4 Å². The Morgan fingerprint density at radius 3 is 2.00 bits per heavy atom. The number of hydrogen-bond acceptors (Lipinski definition) is 5. The van der Waals surface area contributed by atoms with Crippen molar-refractivity contribution in [3.05, 3.63) is 42.5 Å². The molecule has 0 radical (unpaired) electrons. The molecule has 2 amide bonds. The van der Waals surface area contributed by atoms with Crippen LogP contribution in [0.3, 0.4) is 0 Å². The van der Waals surface area contributed by atoms with E-state index in [1.54, 1.807) is 44.6 Å². The third-order valence-electron chi connectivity index (χ3n) is 3.48. The molecule has 2 aromatic carbocycles. The number of methoxy groups -OCH3 is 2. The summed E-state index contributed by atoms with van der Waals surface area (Å²) >= 11 is 1.43. The zero-order valence-corrected chi connectivity index (χ0v) is 16.0. The molecular weight excluding hydrogens is 352 g/mol. The summed E-state index contributed by atoms with van der Waals surface area (Å²) in [6, 6.07) is 12.6. The van der Waals surface area contributed by atoms with Crippen molar-refractivity contribution in [1.82, 2.24) is 0 Å². The van der Waals surface area contributed by atoms with E-state index >= 15 is 0 Å². The monoisotopic (exact) mass is 374 g/mol. The number of thioether (sulfide) groups is 1. The van der Waals surface area contributed by atoms with Crippen molar-refractivity contribution in [2.75, 3.05) is 24.9 Å². The van der Waals surface area contributed by atoms with E-state index in [-0.39, 0.29) is 17.1 Å². The smallest absolute Gasteiger partial charge is 0.237 e. The molecule has 0 saturated carbocycles. The molecule has 0 aromatic heterocycles. The molecule has 2 rings (SSSR count). The lowest BCUT2D eigenvalue weighted by atomic mass is 10.2. The van der Waals surface area contributed by atoms with Gasteiger partial charge in [0.1, 0.15) is 11.5 Å². The van der Waals surface area contributed by atoms with Crippen LogP contribution in [0.2, 0.25) is 0 Å². The molecule has 0 bridgehead atoms. The van der Waals surface area contributed by atoms with E-state index in [1.165, 1.54) is 18.7 Å². The Hall–Kier alpha value is -2.67. The van der Waals surface area contributed by atoms with E-state index in [2.05, 4.69) is 10.6 Å². The van der Waals surface area contributed by atoms with Crippen molar-refractivity contribution in [3.63, 3.8) is 0 Å². The Balaban J connectivity index is 2.00. The molecule has 1 atom stereocenters. The lowest BCUT2D eigenvalue weighted by Gasteiger charge is -2.14. The SMILES string of the molecule is COc1cc(NC(=O)[C@@H](C)Sc2ccc(NC(C)=O)cc2)cc(OC)c1. The van der Waals surface area contributed by atoms with Crippen LogP contribution in [0.4, 0.5) is 11.4 Å². The molecule has 2 aromatic rings. The molecule has 0 heterocycles. The first-order chi connectivity index (χ1) is 12.4. The first-order valence-corrected chi connectivity index (χ1v) is 8.87. The largest absolute Gasteiger partial charge is 0.497 e. The van der Waals surface area contributed by atoms with Gasteiger partial charge < -0.3 is 20.1 Å². The fraction of sp³-hybridized carbons (Fsp3) is 0.263. The standard InChI is InChI=1S/C19H22N2O4S/c1-12(26-18-7-5-14(6-8-18)20-13(2)22)19(23)21-15-9-16(24-3)11-17(10-15)25-4/h5-12H,1-4H3,(H,20,22)(H,21,23)/t12-/m1/s1. The highest BCUT2D eigenvalue weighted by Crippen LogP contribution is 2.28. The van der Waals surface area contributed by atoms with Crippen molar-refractivity contribution >= 4 is 35.0 Å². The van der Waals surface area contributed by atoms with Crippen molar-refractivity contribution in [3.8, 4) is 11.5 Å². The Labute approximate surface area is 157 Å². The molecule has 0 unspecified atom stereocenters. The first kappa shape index (κ1) is 19.7. The molecule has 26 heavy (non-hydrogen) atoms. The Kier molecular flexibility index (Phi) is 6.91. The summed E-state index contributed by atoms with van der Waals surface area (Å²) in [5, 5.41) is 5.28. The van der Waals surface area contributed by atoms with Crippen LogP contribution in [0, 0.1) is 0 Å². The van der Waals surface area contributed by atoms with Crippen molar-refractivity contribution in [1.29, 1.82) is 0 Å². The predicted octanol–water partition coefficient (Wildman–Crippen LogP) is 3.78. The summed E-state index contributed by atoms with van der Waals surface area (Å²) in [5.41, 5.74) is 1.34. The van der Waals surface area contributed by atoms with Gasteiger partial charge in [-0.05, 0) is 31.2 Å². The molecule has 2 N–H and O–H groups in total. The second kappa shape index (κ2) is 9.15. The molecule has 6 nitrogen and oxygen atoms in total. The highest BCUT2D eigenvalue weighted by molar-refractivity contribution is 8.00. The number of anilines is 2. The molecular formula is C19H22N2O4S. The van der Waals surface area contributed by atoms with E-state index in [0.717, 1.165) is 10.6 Å². The van der Waals surface area contributed by atoms with Crippen LogP contribution in [-0.4, -0.2) is 31.3 Å². The lowest BCUT2D eigenvalue weighted by Crippen LogP contribution is -2.22. The molecule has 0 aliphatic carbocycles. The Morgan fingerprint density at radius 2 is 1.50 bits per heavy atom. The second-order valence-electron chi connectivity index (χ2n) is 5.56. The number of carbonyl (C=O) groups is 2. The molecule has 0 aliphatic heterocycles. The third-order valence-corrected chi connectivity index (χ3v) is 4.59. The molecule has 0 fully saturated rings. The van der Waals surface area contributed by atoms with Crippen molar-refractivity contribution in [2.24, 2.45) is 0 Å². The van der Waals surface area contributed by atoms with Gasteiger partial charge in [-0.15, -0.1) is 11.8 Å². The summed E-state index contributed by atoms with van der Waals surface area (Å²) in [4.78, 5) is 24.4. The van der Waals surface area contributed by atoms with Gasteiger partial charge in [-0.3, -0.25) is 9.59 Å². The highest BCUT2D eigenvalue weighted by atomic mass is 32.2. The normalized spacial score (nSPS) is 11.4. The average Bonchev–Trinajstić information content (AvgIpc) is 2.62. The van der Waals surface area contributed by atoms with Crippen molar-refractivity contribution < 1.29 is 19.1 Å². The van der Waals surface area contributed by atoms with Crippen molar-refractivity contribution in [2.45, 2.75) is 24.0 Å². The third kappa shape index (κ3) is 5.70. The number of hydrogen-bond donors (Lipinski definition) is 2. The number of ether oxygens (including phenoxy) is 2. The van der Waals surface area contributed by atoms with E-state index < -0.39 is 0 Å². The molecule has 138 valence electrons. The van der Waals surface area contributed by atoms with Gasteiger partial charge >= 0.3 is 0 Å². The van der Waals surface area contributed by atoms with Gasteiger partial charge in [-0.25, -0.2) is 0 Å². The van der Waals surface area contributed by atoms with Crippen LogP contribution in [0.1, 0.15) is 13.8 Å². The highest BCUT2D eigenvalue weighted by Gasteiger charge is 2.15. The number of benzene rings is 2. The van der Waals surface area contributed by atoms with E-state index in [4.69, 9.17) is 9.47 Å². The van der Waals surface area contributed by atoms with Crippen LogP contribution in [0.5, 0.6) is 11.5 Å². The minimum atomic E-state index is -0.307. The fourth-order valence-electron chi connectivity index (χ4n) is 2.20. The first-order valence-electron chi connectivity index (χ1n) is 7.99. The quantitative estimate of drug-likeness (QED) is 0.721. The van der Waals surface area contributed by atoms with Gasteiger partial charge in [0.15, 0.2) is 0 Å². The van der Waals surface area contributed by atoms with Crippen LogP contribution in [0.25, 0.3) is 0 Å². The van der Waals surface area contributed by atoms with Gasteiger partial charge in [0.2, 0.25) is 11.8 Å². The molecule has 0 aliphatic rings. The number of amides is 2. The zero-order chi connectivity index (χ0) is 19.1. The Morgan fingerprint density at radius 1 is 0.923 bits per heavy atom. The maximum atomic E-state index is 12.5. The molecule has 0 spiro atoms. The fourth-order valence-corrected chi connectivity index (χ4v) is 3.07. The van der Waals surface area contributed by atoms with Crippen LogP contribution in [-0.2, 0) is 9.59 Å². The van der Waals surface area contributed by atoms with Gasteiger partial charge in [-0.2, -0.15) is 0 Å². The number of rotatable bonds is 7. The Bertz CT molecular complexity index is 755. The van der Waals surface area contributed by atoms with E-state index in [0.29, 0.717) is 17.2 Å². The maximum Gasteiger partial charge on any atom is 0.237 e. The number of carbonyl (C=O) groups excluding carboxylic acids is 2. The summed E-state index contributed by atoms with van der Waals surface area (Å²) < 4.78 is 10.4. The van der Waals surface area contributed by atoms with Gasteiger partial charge in [-0.1, -0.05) is 0 Å². The minimum Gasteiger partial charge on any atom is -0.497 e. The predicted molar refractivity (Wildman–Crippen MR) is 104 cm³/mol. The molecule has 0 saturated heterocycles. The molecule has 7 heteroatoms.